The highest BCUT2D eigenvalue weighted by Gasteiger charge is 2.35. The molecule has 0 spiro atoms. The second-order valence-corrected chi connectivity index (χ2v) is 7.14. The molecule has 2 aliphatic heterocycles. The van der Waals surface area contributed by atoms with E-state index in [0.717, 1.165) is 31.7 Å². The van der Waals surface area contributed by atoms with Gasteiger partial charge in [0.25, 0.3) is 0 Å². The lowest BCUT2D eigenvalue weighted by Crippen LogP contribution is -2.50. The molecule has 0 amide bonds. The summed E-state index contributed by atoms with van der Waals surface area (Å²) < 4.78 is 6.11. The lowest BCUT2D eigenvalue weighted by molar-refractivity contribution is -0.0688. The van der Waals surface area contributed by atoms with Crippen molar-refractivity contribution in [2.24, 2.45) is 0 Å². The standard InChI is InChI=1S/C17H25NO3/c1-16(2)9-13-5-3-6-14(15(13)21-16)10-18-8-4-7-17(20,11-18)12-19/h3,5-6,19-20H,4,7-12H2,1-2H3/t17-/m0/s1. The first kappa shape index (κ1) is 14.8. The second-order valence-electron chi connectivity index (χ2n) is 7.14. The highest BCUT2D eigenvalue weighted by molar-refractivity contribution is 5.45. The zero-order chi connectivity index (χ0) is 15.1. The SMILES string of the molecule is CC1(C)Cc2cccc(CN3CCC[C@@](O)(CO)C3)c2O1. The number of ether oxygens (including phenoxy) is 1. The largest absolute Gasteiger partial charge is 0.487 e. The fraction of sp³-hybridized carbons (Fsp3) is 0.647. The predicted octanol–water partition coefficient (Wildman–Crippen LogP) is 1.72. The molecule has 0 aliphatic carbocycles. The zero-order valence-electron chi connectivity index (χ0n) is 12.9. The number of likely N-dealkylation sites (tertiary alicyclic amines) is 1. The predicted molar refractivity (Wildman–Crippen MR) is 81.4 cm³/mol. The Bertz CT molecular complexity index is 529. The summed E-state index contributed by atoms with van der Waals surface area (Å²) in [6, 6.07) is 6.32. The second kappa shape index (κ2) is 5.27. The Morgan fingerprint density at radius 3 is 2.90 bits per heavy atom. The lowest BCUT2D eigenvalue weighted by atomic mass is 9.93. The Hall–Kier alpha value is -1.10. The number of hydrogen-bond acceptors (Lipinski definition) is 4. The van der Waals surface area contributed by atoms with Crippen LogP contribution >= 0.6 is 0 Å². The summed E-state index contributed by atoms with van der Waals surface area (Å²) in [7, 11) is 0. The van der Waals surface area contributed by atoms with Crippen LogP contribution in [0, 0.1) is 0 Å². The summed E-state index contributed by atoms with van der Waals surface area (Å²) in [6.45, 7) is 6.30. The Balaban J connectivity index is 1.76. The number of β-amino-alcohol motifs (C(OH)–C–C–N with tert-alkyl or cyclic N) is 1. The van der Waals surface area contributed by atoms with Crippen molar-refractivity contribution in [2.45, 2.75) is 50.9 Å². The highest BCUT2D eigenvalue weighted by atomic mass is 16.5. The van der Waals surface area contributed by atoms with E-state index in [1.807, 2.05) is 0 Å². The van der Waals surface area contributed by atoms with Crippen LogP contribution in [0.1, 0.15) is 37.8 Å². The third-order valence-electron chi connectivity index (χ3n) is 4.50. The quantitative estimate of drug-likeness (QED) is 0.890. The average molecular weight is 291 g/mol. The number of nitrogens with zero attached hydrogens (tertiary/aromatic N) is 1. The van der Waals surface area contributed by atoms with E-state index in [-0.39, 0.29) is 12.2 Å². The molecule has 0 saturated carbocycles. The van der Waals surface area contributed by atoms with Gasteiger partial charge in [0, 0.05) is 25.1 Å². The van der Waals surface area contributed by atoms with Crippen molar-refractivity contribution in [1.29, 1.82) is 0 Å². The van der Waals surface area contributed by atoms with Crippen molar-refractivity contribution >= 4 is 0 Å². The number of fused-ring (bicyclic) bond motifs is 1. The molecule has 4 heteroatoms. The number of aliphatic hydroxyl groups excluding tert-OH is 1. The van der Waals surface area contributed by atoms with Crippen molar-refractivity contribution < 1.29 is 14.9 Å². The van der Waals surface area contributed by atoms with Gasteiger partial charge in [0.05, 0.1) is 6.61 Å². The number of aliphatic hydroxyl groups is 2. The molecule has 3 rings (SSSR count). The van der Waals surface area contributed by atoms with Crippen LogP contribution in [0.3, 0.4) is 0 Å². The normalized spacial score (nSPS) is 28.2. The molecule has 1 fully saturated rings. The molecular weight excluding hydrogens is 266 g/mol. The summed E-state index contributed by atoms with van der Waals surface area (Å²) in [5.41, 5.74) is 1.37. The molecule has 116 valence electrons. The van der Waals surface area contributed by atoms with Gasteiger partial charge in [0.15, 0.2) is 0 Å². The van der Waals surface area contributed by atoms with E-state index in [2.05, 4.69) is 36.9 Å². The summed E-state index contributed by atoms with van der Waals surface area (Å²) in [4.78, 5) is 2.21. The van der Waals surface area contributed by atoms with Gasteiger partial charge in [-0.05, 0) is 38.8 Å². The number of hydrogen-bond donors (Lipinski definition) is 2. The number of para-hydroxylation sites is 1. The van der Waals surface area contributed by atoms with Gasteiger partial charge < -0.3 is 14.9 Å². The van der Waals surface area contributed by atoms with Crippen molar-refractivity contribution in [3.05, 3.63) is 29.3 Å². The monoisotopic (exact) mass is 291 g/mol. The average Bonchev–Trinajstić information content (AvgIpc) is 2.74. The molecule has 1 saturated heterocycles. The number of piperidine rings is 1. The van der Waals surface area contributed by atoms with Crippen LogP contribution in [0.2, 0.25) is 0 Å². The van der Waals surface area contributed by atoms with Crippen LogP contribution in [-0.4, -0.2) is 46.0 Å². The van der Waals surface area contributed by atoms with Gasteiger partial charge in [0.1, 0.15) is 17.0 Å². The molecule has 1 aromatic rings. The van der Waals surface area contributed by atoms with Crippen LogP contribution in [-0.2, 0) is 13.0 Å². The molecule has 4 nitrogen and oxygen atoms in total. The molecule has 0 aromatic heterocycles. The van der Waals surface area contributed by atoms with Gasteiger partial charge >= 0.3 is 0 Å². The first-order valence-electron chi connectivity index (χ1n) is 7.76. The van der Waals surface area contributed by atoms with E-state index in [4.69, 9.17) is 4.74 Å². The van der Waals surface area contributed by atoms with Gasteiger partial charge in [-0.3, -0.25) is 4.90 Å². The molecular formula is C17H25NO3. The number of rotatable bonds is 3. The van der Waals surface area contributed by atoms with Crippen molar-refractivity contribution in [3.63, 3.8) is 0 Å². The summed E-state index contributed by atoms with van der Waals surface area (Å²) in [5, 5.41) is 19.6. The summed E-state index contributed by atoms with van der Waals surface area (Å²) in [6.07, 6.45) is 2.53. The third kappa shape index (κ3) is 3.07. The van der Waals surface area contributed by atoms with Gasteiger partial charge in [0.2, 0.25) is 0 Å². The molecule has 2 heterocycles. The minimum atomic E-state index is -0.948. The molecule has 21 heavy (non-hydrogen) atoms. The van der Waals surface area contributed by atoms with Crippen LogP contribution in [0.4, 0.5) is 0 Å². The molecule has 0 unspecified atom stereocenters. The van der Waals surface area contributed by atoms with Crippen molar-refractivity contribution in [3.8, 4) is 5.75 Å². The Morgan fingerprint density at radius 1 is 1.33 bits per heavy atom. The maximum Gasteiger partial charge on any atom is 0.127 e. The molecule has 0 radical (unpaired) electrons. The molecule has 2 N–H and O–H groups in total. The van der Waals surface area contributed by atoms with Gasteiger partial charge in [-0.25, -0.2) is 0 Å². The van der Waals surface area contributed by atoms with Crippen LogP contribution < -0.4 is 4.74 Å². The fourth-order valence-electron chi connectivity index (χ4n) is 3.51. The van der Waals surface area contributed by atoms with Gasteiger partial charge in [-0.2, -0.15) is 0 Å². The minimum absolute atomic E-state index is 0.133. The maximum atomic E-state index is 10.3. The smallest absolute Gasteiger partial charge is 0.127 e. The number of benzene rings is 1. The Morgan fingerprint density at radius 2 is 2.14 bits per heavy atom. The van der Waals surface area contributed by atoms with E-state index in [1.165, 1.54) is 11.1 Å². The molecule has 2 aliphatic rings. The van der Waals surface area contributed by atoms with E-state index >= 15 is 0 Å². The lowest BCUT2D eigenvalue weighted by Gasteiger charge is -2.38. The highest BCUT2D eigenvalue weighted by Crippen LogP contribution is 2.38. The summed E-state index contributed by atoms with van der Waals surface area (Å²) in [5.74, 6) is 1.01. The van der Waals surface area contributed by atoms with Crippen LogP contribution in [0.15, 0.2) is 18.2 Å². The van der Waals surface area contributed by atoms with E-state index in [9.17, 15) is 10.2 Å². The fourth-order valence-corrected chi connectivity index (χ4v) is 3.51. The minimum Gasteiger partial charge on any atom is -0.487 e. The first-order valence-corrected chi connectivity index (χ1v) is 7.76. The molecule has 0 bridgehead atoms. The molecule has 1 aromatic carbocycles. The molecule has 1 atom stereocenters. The third-order valence-corrected chi connectivity index (χ3v) is 4.50. The van der Waals surface area contributed by atoms with Gasteiger partial charge in [-0.15, -0.1) is 0 Å². The van der Waals surface area contributed by atoms with Crippen LogP contribution in [0.5, 0.6) is 5.75 Å². The maximum absolute atomic E-state index is 10.3. The van der Waals surface area contributed by atoms with E-state index < -0.39 is 5.60 Å². The van der Waals surface area contributed by atoms with Crippen molar-refractivity contribution in [2.75, 3.05) is 19.7 Å². The van der Waals surface area contributed by atoms with Gasteiger partial charge in [-0.1, -0.05) is 18.2 Å². The van der Waals surface area contributed by atoms with E-state index in [0.29, 0.717) is 13.0 Å². The van der Waals surface area contributed by atoms with Crippen molar-refractivity contribution in [1.82, 2.24) is 4.90 Å². The first-order chi connectivity index (χ1) is 9.91. The Labute approximate surface area is 126 Å². The van der Waals surface area contributed by atoms with E-state index in [1.54, 1.807) is 0 Å². The summed E-state index contributed by atoms with van der Waals surface area (Å²) >= 11 is 0. The topological polar surface area (TPSA) is 52.9 Å². The van der Waals surface area contributed by atoms with Crippen LogP contribution in [0.25, 0.3) is 0 Å². The zero-order valence-corrected chi connectivity index (χ0v) is 12.9. The Kier molecular flexibility index (Phi) is 3.72.